The van der Waals surface area contributed by atoms with E-state index in [0.29, 0.717) is 5.56 Å². The van der Waals surface area contributed by atoms with Crippen LogP contribution in [0.4, 0.5) is 14.6 Å². The number of nitrogens with zero attached hydrogens (tertiary/aromatic N) is 4. The molecule has 1 aliphatic rings. The second-order valence-corrected chi connectivity index (χ2v) is 9.52. The third kappa shape index (κ3) is 6.06. The van der Waals surface area contributed by atoms with Gasteiger partial charge in [0.05, 0.1) is 30.9 Å². The van der Waals surface area contributed by atoms with Crippen LogP contribution >= 0.6 is 0 Å². The van der Waals surface area contributed by atoms with E-state index in [-0.39, 0.29) is 30.0 Å². The summed E-state index contributed by atoms with van der Waals surface area (Å²) in [5.74, 6) is -2.72. The maximum atomic E-state index is 13.5. The molecule has 5 N–H and O–H groups in total. The molecule has 0 amide bonds. The van der Waals surface area contributed by atoms with Gasteiger partial charge < -0.3 is 15.5 Å². The Kier molecular flexibility index (Phi) is 7.37. The number of ketones is 1. The van der Waals surface area contributed by atoms with E-state index < -0.39 is 58.5 Å². The number of anilines is 1. The average Bonchev–Trinajstić information content (AvgIpc) is 3.36. The summed E-state index contributed by atoms with van der Waals surface area (Å²) < 4.78 is 54.8. The van der Waals surface area contributed by atoms with Gasteiger partial charge >= 0.3 is 10.3 Å². The van der Waals surface area contributed by atoms with Gasteiger partial charge in [0.15, 0.2) is 0 Å². The highest BCUT2D eigenvalue weighted by molar-refractivity contribution is 7.84. The van der Waals surface area contributed by atoms with Crippen molar-refractivity contribution in [2.24, 2.45) is 11.1 Å². The second kappa shape index (κ2) is 10.3. The van der Waals surface area contributed by atoms with Crippen LogP contribution in [0.2, 0.25) is 0 Å². The minimum atomic E-state index is -4.22. The van der Waals surface area contributed by atoms with Crippen LogP contribution in [0.3, 0.4) is 0 Å². The Balaban J connectivity index is 1.48. The van der Waals surface area contributed by atoms with Crippen molar-refractivity contribution in [3.05, 3.63) is 71.4 Å². The van der Waals surface area contributed by atoms with E-state index in [1.807, 2.05) is 0 Å². The highest BCUT2D eigenvalue weighted by Crippen LogP contribution is 2.30. The molecule has 0 unspecified atom stereocenters. The van der Waals surface area contributed by atoms with Gasteiger partial charge in [0.25, 0.3) is 0 Å². The number of aromatic nitrogens is 4. The molecule has 0 radical (unpaired) electrons. The minimum Gasteiger partial charge on any atom is -0.390 e. The van der Waals surface area contributed by atoms with E-state index in [9.17, 15) is 32.2 Å². The maximum Gasteiger partial charge on any atom is 0.333 e. The molecule has 2 heterocycles. The number of hydrogen-bond acceptors (Lipinski definition) is 10. The minimum absolute atomic E-state index is 0.0103. The first-order valence-corrected chi connectivity index (χ1v) is 12.1. The molecule has 12 nitrogen and oxygen atoms in total. The first kappa shape index (κ1) is 25.7. The van der Waals surface area contributed by atoms with Crippen molar-refractivity contribution < 1.29 is 36.4 Å². The first-order chi connectivity index (χ1) is 17.0. The molecule has 192 valence electrons. The van der Waals surface area contributed by atoms with Gasteiger partial charge in [-0.15, -0.1) is 0 Å². The lowest BCUT2D eigenvalue weighted by molar-refractivity contribution is 0.00778. The Labute approximate surface area is 204 Å². The molecule has 0 aliphatic heterocycles. The van der Waals surface area contributed by atoms with Gasteiger partial charge in [-0.1, -0.05) is 0 Å². The number of carbonyl (C=O) groups is 1. The smallest absolute Gasteiger partial charge is 0.333 e. The van der Waals surface area contributed by atoms with E-state index >= 15 is 0 Å². The Morgan fingerprint density at radius 2 is 1.94 bits per heavy atom. The zero-order chi connectivity index (χ0) is 26.0. The Hall–Kier alpha value is -3.37. The number of rotatable bonds is 9. The fraction of sp³-hybridized carbons (Fsp3) is 0.333. The lowest BCUT2D eigenvalue weighted by Crippen LogP contribution is -2.36. The maximum absolute atomic E-state index is 13.5. The number of halogens is 2. The number of hydrogen-bond donors (Lipinski definition) is 4. The number of aliphatic hydroxyl groups is 2. The molecule has 0 spiro atoms. The van der Waals surface area contributed by atoms with Crippen LogP contribution < -0.4 is 10.5 Å². The average molecular weight is 525 g/mol. The molecule has 0 bridgehead atoms. The number of aliphatic hydroxyl groups excluding tert-OH is 2. The Morgan fingerprint density at radius 3 is 2.64 bits per heavy atom. The molecule has 3 aromatic rings. The highest BCUT2D eigenvalue weighted by atomic mass is 32.2. The van der Waals surface area contributed by atoms with Crippen LogP contribution in [0.25, 0.3) is 0 Å². The van der Waals surface area contributed by atoms with Gasteiger partial charge in [-0.05, 0) is 30.2 Å². The van der Waals surface area contributed by atoms with Crippen LogP contribution in [0.5, 0.6) is 0 Å². The largest absolute Gasteiger partial charge is 0.390 e. The van der Waals surface area contributed by atoms with Gasteiger partial charge in [0.2, 0.25) is 5.78 Å². The topological polar surface area (TPSA) is 183 Å². The fourth-order valence-electron chi connectivity index (χ4n) is 4.00. The van der Waals surface area contributed by atoms with Crippen molar-refractivity contribution in [1.29, 1.82) is 0 Å². The van der Waals surface area contributed by atoms with Gasteiger partial charge in [-0.2, -0.15) is 13.5 Å². The summed E-state index contributed by atoms with van der Waals surface area (Å²) in [7, 11) is -4.22. The molecular weight excluding hydrogens is 502 g/mol. The first-order valence-electron chi connectivity index (χ1n) is 10.6. The molecule has 36 heavy (non-hydrogen) atoms. The zero-order valence-corrected chi connectivity index (χ0v) is 19.3. The molecular formula is C21H22F2N6O6S. The summed E-state index contributed by atoms with van der Waals surface area (Å²) >= 11 is 0. The van der Waals surface area contributed by atoms with Crippen molar-refractivity contribution in [3.8, 4) is 0 Å². The van der Waals surface area contributed by atoms with Crippen LogP contribution in [-0.4, -0.2) is 69.0 Å². The molecule has 2 aromatic heterocycles. The zero-order valence-electron chi connectivity index (χ0n) is 18.5. The Morgan fingerprint density at radius 1 is 1.22 bits per heavy atom. The van der Waals surface area contributed by atoms with Crippen molar-refractivity contribution >= 4 is 21.9 Å². The Bertz CT molecular complexity index is 1350. The molecule has 0 saturated heterocycles. The summed E-state index contributed by atoms with van der Waals surface area (Å²) in [6.07, 6.45) is 1.36. The number of nitrogens with one attached hydrogen (secondary N) is 1. The van der Waals surface area contributed by atoms with Crippen molar-refractivity contribution in [1.82, 2.24) is 19.7 Å². The standard InChI is InChI=1S/C21H22F2N6O6S/c22-13-3-11(4-14(23)6-13)8-29-2-1-16(28-29)19(31)15-7-25-10-26-21(15)27-17-5-12(18(30)20(17)32)9-35-36(24,33)34/h1-4,6-7,10,12,17-18,20,30,32H,5,8-9H2,(H2,24,33,34)(H,25,26,27)/t12-,17-,18-,20+/m1/s1. The summed E-state index contributed by atoms with van der Waals surface area (Å²) in [5, 5.41) is 32.5. The quantitative estimate of drug-likeness (QED) is 0.277. The summed E-state index contributed by atoms with van der Waals surface area (Å²) in [5.41, 5.74) is 0.344. The van der Waals surface area contributed by atoms with Crippen molar-refractivity contribution in [2.45, 2.75) is 31.2 Å². The van der Waals surface area contributed by atoms with Crippen LogP contribution in [0.15, 0.2) is 43.0 Å². The molecule has 15 heteroatoms. The van der Waals surface area contributed by atoms with Gasteiger partial charge in [-0.3, -0.25) is 13.7 Å². The highest BCUT2D eigenvalue weighted by Gasteiger charge is 2.42. The van der Waals surface area contributed by atoms with Gasteiger partial charge in [-0.25, -0.2) is 23.9 Å². The molecule has 1 aromatic carbocycles. The van der Waals surface area contributed by atoms with E-state index in [1.54, 1.807) is 0 Å². The normalized spacial score (nSPS) is 22.0. The van der Waals surface area contributed by atoms with E-state index in [4.69, 9.17) is 5.14 Å². The van der Waals surface area contributed by atoms with Gasteiger partial charge in [0, 0.05) is 24.4 Å². The fourth-order valence-corrected chi connectivity index (χ4v) is 4.36. The van der Waals surface area contributed by atoms with Crippen LogP contribution in [0, 0.1) is 17.6 Å². The predicted octanol–water partition coefficient (Wildman–Crippen LogP) is -0.0271. The van der Waals surface area contributed by atoms with Crippen molar-refractivity contribution in [3.63, 3.8) is 0 Å². The van der Waals surface area contributed by atoms with E-state index in [0.717, 1.165) is 18.2 Å². The third-order valence-electron chi connectivity index (χ3n) is 5.67. The lowest BCUT2D eigenvalue weighted by Gasteiger charge is -2.19. The molecule has 4 rings (SSSR count). The number of benzene rings is 1. The lowest BCUT2D eigenvalue weighted by atomic mass is 10.1. The van der Waals surface area contributed by atoms with Crippen LogP contribution in [0.1, 0.15) is 28.0 Å². The summed E-state index contributed by atoms with van der Waals surface area (Å²) in [4.78, 5) is 21.0. The molecule has 1 aliphatic carbocycles. The van der Waals surface area contributed by atoms with Gasteiger partial charge in [0.1, 0.15) is 35.6 Å². The van der Waals surface area contributed by atoms with Crippen molar-refractivity contribution in [2.75, 3.05) is 11.9 Å². The van der Waals surface area contributed by atoms with Crippen LogP contribution in [-0.2, 0) is 21.0 Å². The third-order valence-corrected chi connectivity index (χ3v) is 6.13. The van der Waals surface area contributed by atoms with E-state index in [1.165, 1.54) is 29.5 Å². The SMILES string of the molecule is NS(=O)(=O)OC[C@H]1C[C@@H](Nc2ncncc2C(=O)c2ccn(Cc3cc(F)cc(F)c3)n2)[C@H](O)[C@@H]1O. The summed E-state index contributed by atoms with van der Waals surface area (Å²) in [6.45, 7) is -0.413. The number of carbonyl (C=O) groups excluding carboxylic acids is 1. The summed E-state index contributed by atoms with van der Waals surface area (Å²) in [6, 6.07) is 3.69. The molecule has 1 saturated carbocycles. The van der Waals surface area contributed by atoms with E-state index in [2.05, 4.69) is 24.6 Å². The monoisotopic (exact) mass is 524 g/mol. The second-order valence-electron chi connectivity index (χ2n) is 8.30. The molecule has 4 atom stereocenters. The number of nitrogens with two attached hydrogens (primary N) is 1. The predicted molar refractivity (Wildman–Crippen MR) is 120 cm³/mol. The molecule has 1 fully saturated rings.